The summed E-state index contributed by atoms with van der Waals surface area (Å²) in [6.07, 6.45) is 40.2. The van der Waals surface area contributed by atoms with Gasteiger partial charge in [-0.25, -0.2) is 0 Å². The van der Waals surface area contributed by atoms with Gasteiger partial charge >= 0.3 is 0 Å². The van der Waals surface area contributed by atoms with Gasteiger partial charge < -0.3 is 0 Å². The zero-order chi connectivity index (χ0) is 21.1. The second-order valence-electron chi connectivity index (χ2n) is 8.76. The number of allylic oxidation sites excluding steroid dienone is 4. The number of hydrogen-bond donors (Lipinski definition) is 0. The third kappa shape index (κ3) is 27.1. The lowest BCUT2D eigenvalue weighted by atomic mass is 10.0. The third-order valence-electron chi connectivity index (χ3n) is 5.89. The fourth-order valence-corrected chi connectivity index (χ4v) is 3.96. The molecule has 0 saturated heterocycles. The van der Waals surface area contributed by atoms with E-state index >= 15 is 0 Å². The molecular formula is C28H51O. The van der Waals surface area contributed by atoms with Crippen molar-refractivity contribution in [1.29, 1.82) is 0 Å². The lowest BCUT2D eigenvalue weighted by Gasteiger charge is -2.04. The van der Waals surface area contributed by atoms with Crippen LogP contribution >= 0.6 is 0 Å². The molecule has 0 aliphatic heterocycles. The lowest BCUT2D eigenvalue weighted by Crippen LogP contribution is -1.84. The topological polar surface area (TPSA) is 17.1 Å². The molecule has 1 radical (unpaired) electrons. The van der Waals surface area contributed by atoms with Gasteiger partial charge in [-0.3, -0.25) is 4.79 Å². The predicted molar refractivity (Wildman–Crippen MR) is 131 cm³/mol. The first-order valence-electron chi connectivity index (χ1n) is 13.1. The molecule has 169 valence electrons. The van der Waals surface area contributed by atoms with Gasteiger partial charge in [0.2, 0.25) is 6.29 Å². The van der Waals surface area contributed by atoms with Gasteiger partial charge in [0, 0.05) is 0 Å². The average Bonchev–Trinajstić information content (AvgIpc) is 2.74. The lowest BCUT2D eigenvalue weighted by molar-refractivity contribution is 0.520. The van der Waals surface area contributed by atoms with Gasteiger partial charge in [-0.2, -0.15) is 0 Å². The van der Waals surface area contributed by atoms with E-state index in [1.807, 2.05) is 6.08 Å². The summed E-state index contributed by atoms with van der Waals surface area (Å²) in [4.78, 5) is 9.99. The molecule has 0 spiro atoms. The third-order valence-corrected chi connectivity index (χ3v) is 5.89. The van der Waals surface area contributed by atoms with Crippen LogP contribution in [0.4, 0.5) is 0 Å². The number of rotatable bonds is 24. The van der Waals surface area contributed by atoms with Crippen LogP contribution in [0.15, 0.2) is 24.3 Å². The molecule has 0 aliphatic carbocycles. The molecule has 0 aromatic rings. The highest BCUT2D eigenvalue weighted by atomic mass is 16.1. The Balaban J connectivity index is 3.04. The number of unbranched alkanes of at least 4 members (excludes halogenated alkanes) is 21. The minimum atomic E-state index is 1.13. The molecule has 29 heavy (non-hydrogen) atoms. The molecule has 0 atom stereocenters. The molecule has 0 aromatic heterocycles. The number of hydrogen-bond acceptors (Lipinski definition) is 1. The average molecular weight is 404 g/mol. The van der Waals surface area contributed by atoms with Crippen molar-refractivity contribution in [3.63, 3.8) is 0 Å². The van der Waals surface area contributed by atoms with Crippen LogP contribution in [-0.2, 0) is 4.79 Å². The second kappa shape index (κ2) is 27.1. The fourth-order valence-electron chi connectivity index (χ4n) is 3.96. The Hall–Kier alpha value is -0.850. The van der Waals surface area contributed by atoms with Crippen LogP contribution in [0.1, 0.15) is 148 Å². The van der Waals surface area contributed by atoms with E-state index in [2.05, 4.69) is 13.0 Å². The van der Waals surface area contributed by atoms with Crippen LogP contribution in [0.25, 0.3) is 0 Å². The Morgan fingerprint density at radius 3 is 1.17 bits per heavy atom. The van der Waals surface area contributed by atoms with E-state index in [1.54, 1.807) is 12.4 Å². The van der Waals surface area contributed by atoms with E-state index in [-0.39, 0.29) is 0 Å². The highest BCUT2D eigenvalue weighted by molar-refractivity contribution is 5.66. The Morgan fingerprint density at radius 2 is 0.828 bits per heavy atom. The minimum absolute atomic E-state index is 1.13. The van der Waals surface area contributed by atoms with E-state index in [0.29, 0.717) is 0 Å². The van der Waals surface area contributed by atoms with Crippen LogP contribution in [0.3, 0.4) is 0 Å². The zero-order valence-electron chi connectivity index (χ0n) is 19.8. The second-order valence-corrected chi connectivity index (χ2v) is 8.76. The molecular weight excluding hydrogens is 352 g/mol. The molecule has 1 nitrogen and oxygen atoms in total. The largest absolute Gasteiger partial charge is 0.286 e. The first-order valence-corrected chi connectivity index (χ1v) is 13.1. The van der Waals surface area contributed by atoms with Gasteiger partial charge in [-0.15, -0.1) is 0 Å². The van der Waals surface area contributed by atoms with Crippen LogP contribution in [0.2, 0.25) is 0 Å². The van der Waals surface area contributed by atoms with Gasteiger partial charge in [0.1, 0.15) is 0 Å². The maximum atomic E-state index is 9.99. The van der Waals surface area contributed by atoms with E-state index in [0.717, 1.165) is 6.42 Å². The Bertz CT molecular complexity index is 355. The van der Waals surface area contributed by atoms with Crippen molar-refractivity contribution in [1.82, 2.24) is 0 Å². The Labute approximate surface area is 183 Å². The van der Waals surface area contributed by atoms with Gasteiger partial charge in [-0.1, -0.05) is 154 Å². The molecule has 0 aromatic carbocycles. The SMILES string of the molecule is CCCCCCCCCCCCCCCCCCCCCCCC=CC=C[C]=O. The van der Waals surface area contributed by atoms with Gasteiger partial charge in [-0.05, 0) is 18.9 Å². The quantitative estimate of drug-likeness (QED) is 0.0890. The molecule has 0 fully saturated rings. The van der Waals surface area contributed by atoms with E-state index in [1.165, 1.54) is 141 Å². The Morgan fingerprint density at radius 1 is 0.483 bits per heavy atom. The molecule has 0 unspecified atom stereocenters. The molecule has 0 amide bonds. The minimum Gasteiger partial charge on any atom is -0.286 e. The summed E-state index contributed by atoms with van der Waals surface area (Å²) < 4.78 is 0. The molecule has 0 bridgehead atoms. The molecule has 0 heterocycles. The van der Waals surface area contributed by atoms with Crippen molar-refractivity contribution in [3.05, 3.63) is 24.3 Å². The van der Waals surface area contributed by atoms with E-state index < -0.39 is 0 Å². The smallest absolute Gasteiger partial charge is 0.225 e. The van der Waals surface area contributed by atoms with Crippen LogP contribution < -0.4 is 0 Å². The summed E-state index contributed by atoms with van der Waals surface area (Å²) in [5, 5.41) is 0. The summed E-state index contributed by atoms with van der Waals surface area (Å²) in [7, 11) is 0. The number of carbonyl (C=O) groups excluding carboxylic acids is 1. The molecule has 0 saturated carbocycles. The van der Waals surface area contributed by atoms with Gasteiger partial charge in [0.05, 0.1) is 0 Å². The standard InChI is InChI=1S/C28H51O/c1-2-3-4-5-6-7-8-9-10-11-12-13-14-15-16-17-18-19-20-21-22-23-24-25-26-27-28-29/h24-27H,2-23H2,1H3. The zero-order valence-corrected chi connectivity index (χ0v) is 19.8. The van der Waals surface area contributed by atoms with Crippen molar-refractivity contribution < 1.29 is 4.79 Å². The summed E-state index contributed by atoms with van der Waals surface area (Å²) in [6, 6.07) is 0. The van der Waals surface area contributed by atoms with Crippen LogP contribution in [0.5, 0.6) is 0 Å². The van der Waals surface area contributed by atoms with Crippen molar-refractivity contribution in [2.45, 2.75) is 148 Å². The first-order chi connectivity index (χ1) is 14.4. The van der Waals surface area contributed by atoms with Crippen LogP contribution in [-0.4, -0.2) is 6.29 Å². The highest BCUT2D eigenvalue weighted by Gasteiger charge is 1.95. The summed E-state index contributed by atoms with van der Waals surface area (Å²) in [6.45, 7) is 2.29. The monoisotopic (exact) mass is 403 g/mol. The van der Waals surface area contributed by atoms with Gasteiger partial charge in [0.15, 0.2) is 0 Å². The maximum absolute atomic E-state index is 9.99. The molecule has 0 aliphatic rings. The van der Waals surface area contributed by atoms with Gasteiger partial charge in [0.25, 0.3) is 0 Å². The Kier molecular flexibility index (Phi) is 26.4. The highest BCUT2D eigenvalue weighted by Crippen LogP contribution is 2.15. The fraction of sp³-hybridized carbons (Fsp3) is 0.821. The van der Waals surface area contributed by atoms with Crippen molar-refractivity contribution in [2.75, 3.05) is 0 Å². The van der Waals surface area contributed by atoms with E-state index in [9.17, 15) is 4.79 Å². The summed E-state index contributed by atoms with van der Waals surface area (Å²) in [5.74, 6) is 0. The normalized spacial score (nSPS) is 11.8. The maximum Gasteiger partial charge on any atom is 0.225 e. The summed E-state index contributed by atoms with van der Waals surface area (Å²) >= 11 is 0. The summed E-state index contributed by atoms with van der Waals surface area (Å²) in [5.41, 5.74) is 0. The first kappa shape index (κ1) is 28.1. The van der Waals surface area contributed by atoms with Crippen LogP contribution in [0, 0.1) is 0 Å². The molecule has 0 rings (SSSR count). The predicted octanol–water partition coefficient (Wildman–Crippen LogP) is 9.81. The molecule has 0 N–H and O–H groups in total. The van der Waals surface area contributed by atoms with Crippen molar-refractivity contribution in [3.8, 4) is 0 Å². The van der Waals surface area contributed by atoms with Crippen molar-refractivity contribution in [2.24, 2.45) is 0 Å². The van der Waals surface area contributed by atoms with E-state index in [4.69, 9.17) is 0 Å². The van der Waals surface area contributed by atoms with Crippen molar-refractivity contribution >= 4 is 6.29 Å². The molecule has 1 heteroatoms.